The number of rotatable bonds is 4. The summed E-state index contributed by atoms with van der Waals surface area (Å²) in [6.45, 7) is 5.30. The van der Waals surface area contributed by atoms with E-state index >= 15 is 0 Å². The Bertz CT molecular complexity index is 755. The predicted octanol–water partition coefficient (Wildman–Crippen LogP) is 2.34. The molecule has 138 valence electrons. The molecule has 2 aliphatic rings. The van der Waals surface area contributed by atoms with Gasteiger partial charge in [0.15, 0.2) is 0 Å². The van der Waals surface area contributed by atoms with Gasteiger partial charge in [0.05, 0.1) is 11.6 Å². The lowest BCUT2D eigenvalue weighted by Gasteiger charge is -2.38. The lowest BCUT2D eigenvalue weighted by Crippen LogP contribution is -2.52. The topological polar surface area (TPSA) is 50.6 Å². The third kappa shape index (κ3) is 3.67. The molecule has 1 atom stereocenters. The lowest BCUT2D eigenvalue weighted by atomic mass is 10.1. The Kier molecular flexibility index (Phi) is 5.46. The molecule has 1 unspecified atom stereocenters. The van der Waals surface area contributed by atoms with Crippen LogP contribution in [0.4, 0.5) is 4.39 Å². The quantitative estimate of drug-likeness (QED) is 0.831. The van der Waals surface area contributed by atoms with Crippen LogP contribution in [0.15, 0.2) is 30.1 Å². The monoisotopic (exact) mass is 356 g/mol. The molecule has 1 aromatic rings. The summed E-state index contributed by atoms with van der Waals surface area (Å²) >= 11 is 0. The Balaban J connectivity index is 1.69. The summed E-state index contributed by atoms with van der Waals surface area (Å²) in [7, 11) is 2.06. The standard InChI is InChI=1S/C20H25FN4O/c1-3-4-20(26)24-9-10-25-17(14-24)13-23(2)19(25)8-6-15-5-7-18(21)16(11-15)12-22/h5,7-8,11,17H,3-4,6,9-10,13-14H2,1-2H3/b19-8+. The number of fused-ring (bicyclic) bond motifs is 1. The molecule has 0 N–H and O–H groups in total. The first-order valence-electron chi connectivity index (χ1n) is 9.17. The number of likely N-dealkylation sites (N-methyl/N-ethyl adjacent to an activating group) is 1. The van der Waals surface area contributed by atoms with Gasteiger partial charge in [0.2, 0.25) is 5.91 Å². The molecule has 0 radical (unpaired) electrons. The van der Waals surface area contributed by atoms with Crippen molar-refractivity contribution in [1.82, 2.24) is 14.7 Å². The minimum absolute atomic E-state index is 0.0848. The van der Waals surface area contributed by atoms with Gasteiger partial charge in [-0.25, -0.2) is 4.39 Å². The van der Waals surface area contributed by atoms with E-state index in [2.05, 4.69) is 22.9 Å². The Hall–Kier alpha value is -2.55. The summed E-state index contributed by atoms with van der Waals surface area (Å²) in [5.41, 5.74) is 1.01. The molecule has 1 amide bonds. The van der Waals surface area contributed by atoms with Crippen LogP contribution in [0, 0.1) is 17.1 Å². The number of hydrogen-bond acceptors (Lipinski definition) is 4. The Morgan fingerprint density at radius 3 is 2.92 bits per heavy atom. The number of nitrogens with zero attached hydrogens (tertiary/aromatic N) is 4. The highest BCUT2D eigenvalue weighted by Crippen LogP contribution is 2.27. The molecule has 0 aliphatic carbocycles. The molecule has 3 rings (SSSR count). The van der Waals surface area contributed by atoms with Crippen LogP contribution >= 0.6 is 0 Å². The van der Waals surface area contributed by atoms with Crippen LogP contribution in [-0.4, -0.2) is 59.9 Å². The molecule has 0 aromatic heterocycles. The number of allylic oxidation sites excluding steroid dienone is 1. The molecule has 6 heteroatoms. The summed E-state index contributed by atoms with van der Waals surface area (Å²) < 4.78 is 13.5. The zero-order valence-corrected chi connectivity index (χ0v) is 15.4. The maximum Gasteiger partial charge on any atom is 0.222 e. The highest BCUT2D eigenvalue weighted by molar-refractivity contribution is 5.76. The second-order valence-corrected chi connectivity index (χ2v) is 7.01. The maximum atomic E-state index is 13.5. The van der Waals surface area contributed by atoms with Gasteiger partial charge in [0.1, 0.15) is 17.7 Å². The highest BCUT2D eigenvalue weighted by Gasteiger charge is 2.37. The highest BCUT2D eigenvalue weighted by atomic mass is 19.1. The smallest absolute Gasteiger partial charge is 0.222 e. The van der Waals surface area contributed by atoms with Crippen LogP contribution in [0.1, 0.15) is 30.9 Å². The average molecular weight is 356 g/mol. The first-order valence-corrected chi connectivity index (χ1v) is 9.17. The van der Waals surface area contributed by atoms with Crippen LogP contribution < -0.4 is 0 Å². The fourth-order valence-corrected chi connectivity index (χ4v) is 3.81. The summed E-state index contributed by atoms with van der Waals surface area (Å²) in [6, 6.07) is 6.90. The number of hydrogen-bond donors (Lipinski definition) is 0. The van der Waals surface area contributed by atoms with E-state index in [1.54, 1.807) is 12.1 Å². The predicted molar refractivity (Wildman–Crippen MR) is 97.5 cm³/mol. The summed E-state index contributed by atoms with van der Waals surface area (Å²) in [5, 5.41) is 8.97. The number of amides is 1. The fourth-order valence-electron chi connectivity index (χ4n) is 3.81. The average Bonchev–Trinajstić information content (AvgIpc) is 2.95. The van der Waals surface area contributed by atoms with E-state index in [9.17, 15) is 9.18 Å². The summed E-state index contributed by atoms with van der Waals surface area (Å²) in [4.78, 5) is 18.7. The third-order valence-electron chi connectivity index (χ3n) is 5.14. The van der Waals surface area contributed by atoms with Crippen molar-refractivity contribution in [2.75, 3.05) is 33.2 Å². The minimum Gasteiger partial charge on any atom is -0.359 e. The Morgan fingerprint density at radius 1 is 1.38 bits per heavy atom. The van der Waals surface area contributed by atoms with Crippen LogP contribution in [0.25, 0.3) is 0 Å². The van der Waals surface area contributed by atoms with Gasteiger partial charge in [-0.3, -0.25) is 4.79 Å². The van der Waals surface area contributed by atoms with E-state index in [4.69, 9.17) is 5.26 Å². The Morgan fingerprint density at radius 2 is 2.19 bits per heavy atom. The molecule has 2 aliphatic heterocycles. The first kappa shape index (κ1) is 18.2. The third-order valence-corrected chi connectivity index (χ3v) is 5.14. The van der Waals surface area contributed by atoms with E-state index in [1.807, 2.05) is 17.9 Å². The molecular weight excluding hydrogens is 331 g/mol. The van der Waals surface area contributed by atoms with Gasteiger partial charge in [-0.05, 0) is 36.6 Å². The molecule has 2 heterocycles. The van der Waals surface area contributed by atoms with Crippen molar-refractivity contribution in [3.05, 3.63) is 47.0 Å². The zero-order valence-electron chi connectivity index (χ0n) is 15.4. The van der Waals surface area contributed by atoms with Crippen molar-refractivity contribution in [2.45, 2.75) is 32.2 Å². The van der Waals surface area contributed by atoms with E-state index in [0.717, 1.165) is 44.0 Å². The van der Waals surface area contributed by atoms with E-state index in [1.165, 1.54) is 6.07 Å². The first-order chi connectivity index (χ1) is 12.5. The SMILES string of the molecule is CCCC(=O)N1CCN2/C(=C/Cc3ccc(F)c(C#N)c3)N(C)CC2C1. The molecule has 0 bridgehead atoms. The van der Waals surface area contributed by atoms with Crippen molar-refractivity contribution >= 4 is 5.91 Å². The van der Waals surface area contributed by atoms with Crippen LogP contribution in [0.3, 0.4) is 0 Å². The maximum absolute atomic E-state index is 13.5. The van der Waals surface area contributed by atoms with Crippen molar-refractivity contribution in [3.63, 3.8) is 0 Å². The Labute approximate surface area is 154 Å². The molecule has 0 saturated carbocycles. The van der Waals surface area contributed by atoms with Gasteiger partial charge in [0.25, 0.3) is 0 Å². The second-order valence-electron chi connectivity index (χ2n) is 7.01. The van der Waals surface area contributed by atoms with Crippen LogP contribution in [0.5, 0.6) is 0 Å². The largest absolute Gasteiger partial charge is 0.359 e. The van der Waals surface area contributed by atoms with Crippen molar-refractivity contribution in [1.29, 1.82) is 5.26 Å². The molecule has 2 saturated heterocycles. The van der Waals surface area contributed by atoms with Gasteiger partial charge in [0, 0.05) is 39.6 Å². The molecule has 0 spiro atoms. The van der Waals surface area contributed by atoms with E-state index < -0.39 is 5.82 Å². The number of piperazine rings is 1. The fraction of sp³-hybridized carbons (Fsp3) is 0.500. The number of benzene rings is 1. The van der Waals surface area contributed by atoms with E-state index in [0.29, 0.717) is 18.9 Å². The number of carbonyl (C=O) groups is 1. The minimum atomic E-state index is -0.477. The molecule has 1 aromatic carbocycles. The van der Waals surface area contributed by atoms with Gasteiger partial charge >= 0.3 is 0 Å². The van der Waals surface area contributed by atoms with Gasteiger partial charge in [-0.15, -0.1) is 0 Å². The summed E-state index contributed by atoms with van der Waals surface area (Å²) in [6.07, 6.45) is 4.29. The normalized spacial score (nSPS) is 21.1. The van der Waals surface area contributed by atoms with Gasteiger partial charge in [-0.2, -0.15) is 5.26 Å². The number of carbonyl (C=O) groups excluding carboxylic acids is 1. The zero-order chi connectivity index (χ0) is 18.7. The number of nitriles is 1. The molecule has 2 fully saturated rings. The second kappa shape index (κ2) is 7.77. The van der Waals surface area contributed by atoms with E-state index in [-0.39, 0.29) is 11.5 Å². The van der Waals surface area contributed by atoms with Crippen molar-refractivity contribution in [2.24, 2.45) is 0 Å². The molecule has 26 heavy (non-hydrogen) atoms. The van der Waals surface area contributed by atoms with Crippen molar-refractivity contribution < 1.29 is 9.18 Å². The van der Waals surface area contributed by atoms with Gasteiger partial charge in [-0.1, -0.05) is 13.0 Å². The number of halogens is 1. The molecule has 5 nitrogen and oxygen atoms in total. The summed E-state index contributed by atoms with van der Waals surface area (Å²) in [5.74, 6) is 0.929. The van der Waals surface area contributed by atoms with Crippen LogP contribution in [0.2, 0.25) is 0 Å². The van der Waals surface area contributed by atoms with Gasteiger partial charge < -0.3 is 14.7 Å². The lowest BCUT2D eigenvalue weighted by molar-refractivity contribution is -0.133. The molecular formula is C20H25FN4O. The van der Waals surface area contributed by atoms with Crippen LogP contribution in [-0.2, 0) is 11.2 Å². The van der Waals surface area contributed by atoms with Crippen molar-refractivity contribution in [3.8, 4) is 6.07 Å².